The molecule has 0 fully saturated rings. The molecule has 0 saturated carbocycles. The van der Waals surface area contributed by atoms with Gasteiger partial charge in [0.1, 0.15) is 5.56 Å². The van der Waals surface area contributed by atoms with Crippen molar-refractivity contribution in [2.45, 2.75) is 24.9 Å². The number of rotatable bonds is 5. The van der Waals surface area contributed by atoms with E-state index in [2.05, 4.69) is 15.5 Å². The van der Waals surface area contributed by atoms with Crippen molar-refractivity contribution >= 4 is 32.9 Å². The molecule has 2 aromatic carbocycles. The Morgan fingerprint density at radius 3 is 2.47 bits per heavy atom. The van der Waals surface area contributed by atoms with E-state index in [-0.39, 0.29) is 15.6 Å². The lowest BCUT2D eigenvalue weighted by Gasteiger charge is -2.17. The molecule has 1 atom stereocenters. The van der Waals surface area contributed by atoms with Crippen LogP contribution < -0.4 is 10.1 Å². The molecule has 0 aliphatic rings. The van der Waals surface area contributed by atoms with E-state index in [1.54, 1.807) is 6.92 Å². The van der Waals surface area contributed by atoms with Crippen molar-refractivity contribution in [3.05, 3.63) is 69.6 Å². The van der Waals surface area contributed by atoms with Crippen molar-refractivity contribution in [3.8, 4) is 11.6 Å². The summed E-state index contributed by atoms with van der Waals surface area (Å²) in [5.41, 5.74) is -2.24. The van der Waals surface area contributed by atoms with Gasteiger partial charge in [0.25, 0.3) is 11.8 Å². The van der Waals surface area contributed by atoms with Gasteiger partial charge in [0.05, 0.1) is 14.8 Å². The normalized spacial score (nSPS) is 13.3. The number of amides is 1. The monoisotopic (exact) mass is 516 g/mol. The Morgan fingerprint density at radius 2 is 1.85 bits per heavy atom. The summed E-state index contributed by atoms with van der Waals surface area (Å²) in [4.78, 5) is 13.1. The van der Waals surface area contributed by atoms with Crippen LogP contribution in [0.25, 0.3) is 0 Å². The van der Waals surface area contributed by atoms with Crippen molar-refractivity contribution in [3.63, 3.8) is 0 Å². The van der Waals surface area contributed by atoms with Crippen LogP contribution >= 0.6 is 11.6 Å². The fourth-order valence-corrected chi connectivity index (χ4v) is 3.82. The summed E-state index contributed by atoms with van der Waals surface area (Å²) < 4.78 is 79.7. The highest BCUT2D eigenvalue weighted by Gasteiger charge is 2.38. The van der Waals surface area contributed by atoms with Crippen LogP contribution in [-0.2, 0) is 15.9 Å². The average Bonchev–Trinajstić information content (AvgIpc) is 2.72. The number of nitrogens with zero attached hydrogens (tertiary/aromatic N) is 2. The second-order valence-corrected chi connectivity index (χ2v) is 9.82. The van der Waals surface area contributed by atoms with Crippen LogP contribution in [0, 0.1) is 24.4 Å². The van der Waals surface area contributed by atoms with E-state index in [9.17, 15) is 26.6 Å². The van der Waals surface area contributed by atoms with Gasteiger partial charge in [0.2, 0.25) is 0 Å². The molecule has 2 N–H and O–H groups in total. The summed E-state index contributed by atoms with van der Waals surface area (Å²) in [5, 5.41) is 8.70. The van der Waals surface area contributed by atoms with Gasteiger partial charge in [-0.1, -0.05) is 23.7 Å². The number of carbonyl (C=O) groups is 1. The van der Waals surface area contributed by atoms with Gasteiger partial charge < -0.3 is 10.1 Å². The zero-order valence-corrected chi connectivity index (χ0v) is 19.5. The summed E-state index contributed by atoms with van der Waals surface area (Å²) in [7, 11) is -3.13. The Labute approximate surface area is 197 Å². The predicted molar refractivity (Wildman–Crippen MR) is 117 cm³/mol. The van der Waals surface area contributed by atoms with E-state index in [1.165, 1.54) is 36.6 Å². The number of carbonyl (C=O) groups excluding carboxylic acids is 1. The largest absolute Gasteiger partial charge is 0.435 e. The quantitative estimate of drug-likeness (QED) is 0.406. The maximum Gasteiger partial charge on any atom is 0.435 e. The van der Waals surface area contributed by atoms with Crippen molar-refractivity contribution in [2.75, 3.05) is 11.6 Å². The van der Waals surface area contributed by atoms with Gasteiger partial charge in [-0.05, 0) is 49.2 Å². The van der Waals surface area contributed by atoms with Crippen molar-refractivity contribution in [1.29, 1.82) is 4.78 Å². The molecule has 13 heteroatoms. The average molecular weight is 517 g/mol. The number of aromatic nitrogens is 2. The second-order valence-electron chi connectivity index (χ2n) is 7.29. The van der Waals surface area contributed by atoms with E-state index in [0.717, 1.165) is 13.0 Å². The van der Waals surface area contributed by atoms with Crippen molar-refractivity contribution < 1.29 is 31.3 Å². The SMILES string of the molecule is Cc1ccc(F)c(Oc2nnc(C(F)(F)F)c(C)c2C(=O)Nc2cccc(S(C)(=N)=O)c2)c1Cl. The van der Waals surface area contributed by atoms with Gasteiger partial charge in [-0.15, -0.1) is 10.2 Å². The van der Waals surface area contributed by atoms with Crippen molar-refractivity contribution in [2.24, 2.45) is 0 Å². The molecule has 1 amide bonds. The predicted octanol–water partition coefficient (Wildman–Crippen LogP) is 5.98. The zero-order valence-electron chi connectivity index (χ0n) is 17.9. The van der Waals surface area contributed by atoms with Gasteiger partial charge in [0.15, 0.2) is 17.3 Å². The topological polar surface area (TPSA) is 105 Å². The second kappa shape index (κ2) is 9.18. The molecule has 1 aromatic heterocycles. The van der Waals surface area contributed by atoms with Crippen LogP contribution in [0.2, 0.25) is 5.02 Å². The number of alkyl halides is 3. The first-order valence-electron chi connectivity index (χ1n) is 9.42. The summed E-state index contributed by atoms with van der Waals surface area (Å²) in [5.74, 6) is -3.25. The summed E-state index contributed by atoms with van der Waals surface area (Å²) in [6, 6.07) is 7.87. The number of hydrogen-bond donors (Lipinski definition) is 2. The first-order chi connectivity index (χ1) is 15.7. The molecular formula is C21H17ClF4N4O3S. The van der Waals surface area contributed by atoms with Crippen LogP contribution in [0.1, 0.15) is 27.2 Å². The highest BCUT2D eigenvalue weighted by Crippen LogP contribution is 2.38. The van der Waals surface area contributed by atoms with Crippen LogP contribution in [-0.4, -0.2) is 26.6 Å². The molecule has 0 aliphatic heterocycles. The first-order valence-corrected chi connectivity index (χ1v) is 11.8. The molecule has 34 heavy (non-hydrogen) atoms. The van der Waals surface area contributed by atoms with E-state index in [0.29, 0.717) is 5.56 Å². The lowest BCUT2D eigenvalue weighted by molar-refractivity contribution is -0.142. The van der Waals surface area contributed by atoms with Gasteiger partial charge in [-0.25, -0.2) is 13.4 Å². The van der Waals surface area contributed by atoms with E-state index in [1.807, 2.05) is 0 Å². The number of hydrogen-bond acceptors (Lipinski definition) is 6. The molecule has 180 valence electrons. The Balaban J connectivity index is 2.13. The van der Waals surface area contributed by atoms with Gasteiger partial charge in [0, 0.05) is 16.8 Å². The first kappa shape index (κ1) is 25.4. The van der Waals surface area contributed by atoms with E-state index >= 15 is 0 Å². The smallest absolute Gasteiger partial charge is 0.432 e. The van der Waals surface area contributed by atoms with Crippen LogP contribution in [0.4, 0.5) is 23.2 Å². The van der Waals surface area contributed by atoms with Crippen LogP contribution in [0.3, 0.4) is 0 Å². The van der Waals surface area contributed by atoms with E-state index in [4.69, 9.17) is 21.1 Å². The molecule has 0 saturated heterocycles. The number of halogens is 5. The molecule has 3 rings (SSSR count). The number of nitrogens with one attached hydrogen (secondary N) is 2. The molecule has 1 unspecified atom stereocenters. The fourth-order valence-electron chi connectivity index (χ4n) is 2.94. The zero-order chi connectivity index (χ0) is 25.4. The maximum absolute atomic E-state index is 14.3. The van der Waals surface area contributed by atoms with E-state index < -0.39 is 56.1 Å². The molecular weight excluding hydrogens is 500 g/mol. The van der Waals surface area contributed by atoms with Crippen molar-refractivity contribution in [1.82, 2.24) is 10.2 Å². The molecule has 1 heterocycles. The minimum atomic E-state index is -4.93. The summed E-state index contributed by atoms with van der Waals surface area (Å²) in [6.45, 7) is 2.55. The highest BCUT2D eigenvalue weighted by atomic mass is 35.5. The summed E-state index contributed by atoms with van der Waals surface area (Å²) in [6.07, 6.45) is -3.76. The fraction of sp³-hybridized carbons (Fsp3) is 0.190. The lowest BCUT2D eigenvalue weighted by atomic mass is 10.1. The minimum absolute atomic E-state index is 0.0554. The Kier molecular flexibility index (Phi) is 6.85. The molecule has 0 radical (unpaired) electrons. The molecule has 0 spiro atoms. The van der Waals surface area contributed by atoms with Crippen LogP contribution in [0.5, 0.6) is 11.6 Å². The third-order valence-electron chi connectivity index (χ3n) is 4.66. The summed E-state index contributed by atoms with van der Waals surface area (Å²) >= 11 is 6.08. The molecule has 7 nitrogen and oxygen atoms in total. The number of aryl methyl sites for hydroxylation is 1. The third-order valence-corrected chi connectivity index (χ3v) is 6.29. The number of anilines is 1. The maximum atomic E-state index is 14.3. The lowest BCUT2D eigenvalue weighted by Crippen LogP contribution is -2.21. The molecule has 3 aromatic rings. The third kappa shape index (κ3) is 5.28. The minimum Gasteiger partial charge on any atom is -0.432 e. The highest BCUT2D eigenvalue weighted by molar-refractivity contribution is 7.91. The number of benzene rings is 2. The van der Waals surface area contributed by atoms with Crippen LogP contribution in [0.15, 0.2) is 41.3 Å². The standard InChI is InChI=1S/C21H17ClF4N4O3S/c1-10-7-8-14(23)17(16(10)22)33-20-15(11(2)18(29-30-20)21(24,25)26)19(31)28-12-5-4-6-13(9-12)34(3,27)32/h4-9,27H,1-3H3,(H,28,31). The molecule has 0 aliphatic carbocycles. The molecule has 0 bridgehead atoms. The Morgan fingerprint density at radius 1 is 1.18 bits per heavy atom. The number of ether oxygens (including phenoxy) is 1. The van der Waals surface area contributed by atoms with Gasteiger partial charge >= 0.3 is 6.18 Å². The Bertz CT molecular complexity index is 1400. The van der Waals surface area contributed by atoms with Gasteiger partial charge in [-0.2, -0.15) is 13.2 Å². The van der Waals surface area contributed by atoms with Gasteiger partial charge in [-0.3, -0.25) is 4.79 Å². The Hall–Kier alpha value is -3.25.